The Kier molecular flexibility index (Phi) is 5.95. The zero-order valence-electron chi connectivity index (χ0n) is 15.2. The SMILES string of the molecule is COc1ccc(C(=O)OCc2cc3c(cc2Br)OCCO3)c(OC)c1OC. The van der Waals surface area contributed by atoms with E-state index in [1.165, 1.54) is 21.3 Å². The smallest absolute Gasteiger partial charge is 0.342 e. The number of hydrogen-bond donors (Lipinski definition) is 0. The first-order chi connectivity index (χ1) is 13.1. The molecule has 0 bridgehead atoms. The summed E-state index contributed by atoms with van der Waals surface area (Å²) in [7, 11) is 4.43. The van der Waals surface area contributed by atoms with Crippen molar-refractivity contribution in [3.05, 3.63) is 39.9 Å². The molecule has 1 aliphatic heterocycles. The predicted molar refractivity (Wildman–Crippen MR) is 100 cm³/mol. The van der Waals surface area contributed by atoms with Crippen molar-refractivity contribution in [1.29, 1.82) is 0 Å². The average Bonchev–Trinajstić information content (AvgIpc) is 2.70. The third kappa shape index (κ3) is 3.90. The third-order valence-electron chi connectivity index (χ3n) is 3.99. The van der Waals surface area contributed by atoms with Crippen LogP contribution in [0.4, 0.5) is 0 Å². The van der Waals surface area contributed by atoms with Crippen LogP contribution >= 0.6 is 15.9 Å². The monoisotopic (exact) mass is 438 g/mol. The van der Waals surface area contributed by atoms with E-state index in [-0.39, 0.29) is 17.9 Å². The Morgan fingerprint density at radius 2 is 1.67 bits per heavy atom. The molecule has 0 aliphatic carbocycles. The minimum Gasteiger partial charge on any atom is -0.493 e. The lowest BCUT2D eigenvalue weighted by atomic mass is 10.1. The van der Waals surface area contributed by atoms with Crippen molar-refractivity contribution in [2.75, 3.05) is 34.5 Å². The van der Waals surface area contributed by atoms with Gasteiger partial charge in [-0.1, -0.05) is 15.9 Å². The van der Waals surface area contributed by atoms with Gasteiger partial charge in [0.05, 0.1) is 21.3 Å². The van der Waals surface area contributed by atoms with Gasteiger partial charge >= 0.3 is 5.97 Å². The van der Waals surface area contributed by atoms with Crippen LogP contribution in [0.25, 0.3) is 0 Å². The van der Waals surface area contributed by atoms with Crippen LogP contribution in [0.15, 0.2) is 28.7 Å². The molecule has 0 saturated carbocycles. The summed E-state index contributed by atoms with van der Waals surface area (Å²) in [6, 6.07) is 6.78. The van der Waals surface area contributed by atoms with Crippen LogP contribution in [0.2, 0.25) is 0 Å². The highest BCUT2D eigenvalue weighted by molar-refractivity contribution is 9.10. The topological polar surface area (TPSA) is 72.5 Å². The van der Waals surface area contributed by atoms with Gasteiger partial charge in [-0.15, -0.1) is 0 Å². The highest BCUT2D eigenvalue weighted by atomic mass is 79.9. The maximum atomic E-state index is 12.6. The molecule has 0 radical (unpaired) electrons. The second kappa shape index (κ2) is 8.39. The van der Waals surface area contributed by atoms with Crippen LogP contribution in [0.1, 0.15) is 15.9 Å². The fraction of sp³-hybridized carbons (Fsp3) is 0.316. The summed E-state index contributed by atoms with van der Waals surface area (Å²) in [5.41, 5.74) is 0.996. The quantitative estimate of drug-likeness (QED) is 0.637. The molecule has 3 rings (SSSR count). The largest absolute Gasteiger partial charge is 0.493 e. The van der Waals surface area contributed by atoms with Gasteiger partial charge in [0.15, 0.2) is 23.0 Å². The summed E-state index contributed by atoms with van der Waals surface area (Å²) in [5, 5.41) is 0. The van der Waals surface area contributed by atoms with E-state index in [0.29, 0.717) is 36.2 Å². The molecule has 0 N–H and O–H groups in total. The first-order valence-electron chi connectivity index (χ1n) is 8.13. The van der Waals surface area contributed by atoms with Gasteiger partial charge in [-0.25, -0.2) is 4.79 Å². The van der Waals surface area contributed by atoms with Crippen molar-refractivity contribution >= 4 is 21.9 Å². The van der Waals surface area contributed by atoms with E-state index >= 15 is 0 Å². The molecule has 8 heteroatoms. The number of carbonyl (C=O) groups is 1. The summed E-state index contributed by atoms with van der Waals surface area (Å²) in [4.78, 5) is 12.6. The maximum Gasteiger partial charge on any atom is 0.342 e. The van der Waals surface area contributed by atoms with E-state index in [9.17, 15) is 4.79 Å². The minimum absolute atomic E-state index is 0.0492. The normalized spacial score (nSPS) is 12.3. The number of benzene rings is 2. The van der Waals surface area contributed by atoms with Crippen molar-refractivity contribution < 1.29 is 33.2 Å². The van der Waals surface area contributed by atoms with E-state index in [2.05, 4.69) is 15.9 Å². The van der Waals surface area contributed by atoms with Gasteiger partial charge in [-0.2, -0.15) is 0 Å². The summed E-state index contributed by atoms with van der Waals surface area (Å²) < 4.78 is 33.2. The van der Waals surface area contributed by atoms with Gasteiger partial charge < -0.3 is 28.4 Å². The Labute approximate surface area is 165 Å². The van der Waals surface area contributed by atoms with Crippen molar-refractivity contribution in [2.45, 2.75) is 6.61 Å². The highest BCUT2D eigenvalue weighted by Gasteiger charge is 2.22. The van der Waals surface area contributed by atoms with Gasteiger partial charge in [0, 0.05) is 10.0 Å². The molecule has 0 aromatic heterocycles. The maximum absolute atomic E-state index is 12.6. The van der Waals surface area contributed by atoms with E-state index < -0.39 is 5.97 Å². The molecule has 2 aromatic rings. The molecule has 0 spiro atoms. The Bertz CT molecular complexity index is 850. The number of rotatable bonds is 6. The molecule has 0 fully saturated rings. The van der Waals surface area contributed by atoms with E-state index in [4.69, 9.17) is 28.4 Å². The number of hydrogen-bond acceptors (Lipinski definition) is 7. The molecule has 27 heavy (non-hydrogen) atoms. The van der Waals surface area contributed by atoms with Crippen molar-refractivity contribution in [3.8, 4) is 28.7 Å². The predicted octanol–water partition coefficient (Wildman–Crippen LogP) is 3.60. The molecule has 0 unspecified atom stereocenters. The van der Waals surface area contributed by atoms with Crippen LogP contribution in [0.3, 0.4) is 0 Å². The van der Waals surface area contributed by atoms with Crippen molar-refractivity contribution in [3.63, 3.8) is 0 Å². The van der Waals surface area contributed by atoms with E-state index in [1.54, 1.807) is 24.3 Å². The number of halogens is 1. The molecule has 1 aliphatic rings. The van der Waals surface area contributed by atoms with Crippen LogP contribution < -0.4 is 23.7 Å². The van der Waals surface area contributed by atoms with Crippen LogP contribution in [0, 0.1) is 0 Å². The van der Waals surface area contributed by atoms with Crippen LogP contribution in [-0.2, 0) is 11.3 Å². The lowest BCUT2D eigenvalue weighted by Gasteiger charge is -2.20. The fourth-order valence-electron chi connectivity index (χ4n) is 2.70. The second-order valence-corrected chi connectivity index (χ2v) is 6.40. The second-order valence-electron chi connectivity index (χ2n) is 5.55. The molecule has 0 amide bonds. The molecule has 0 saturated heterocycles. The zero-order valence-corrected chi connectivity index (χ0v) is 16.8. The Morgan fingerprint density at radius 1 is 1.00 bits per heavy atom. The highest BCUT2D eigenvalue weighted by Crippen LogP contribution is 2.40. The van der Waals surface area contributed by atoms with Crippen LogP contribution in [0.5, 0.6) is 28.7 Å². The molecule has 7 nitrogen and oxygen atoms in total. The van der Waals surface area contributed by atoms with Crippen molar-refractivity contribution in [1.82, 2.24) is 0 Å². The van der Waals surface area contributed by atoms with Gasteiger partial charge in [-0.3, -0.25) is 0 Å². The van der Waals surface area contributed by atoms with Crippen LogP contribution in [-0.4, -0.2) is 40.5 Å². The number of methoxy groups -OCH3 is 3. The number of carbonyl (C=O) groups excluding carboxylic acids is 1. The lowest BCUT2D eigenvalue weighted by molar-refractivity contribution is 0.0466. The van der Waals surface area contributed by atoms with Gasteiger partial charge in [0.25, 0.3) is 0 Å². The number of esters is 1. The molecule has 2 aromatic carbocycles. The molecule has 144 valence electrons. The Balaban J connectivity index is 1.80. The van der Waals surface area contributed by atoms with Gasteiger partial charge in [0.2, 0.25) is 5.75 Å². The summed E-state index contributed by atoms with van der Waals surface area (Å²) in [5.74, 6) is 1.78. The average molecular weight is 439 g/mol. The number of ether oxygens (including phenoxy) is 6. The first kappa shape index (κ1) is 19.2. The van der Waals surface area contributed by atoms with Gasteiger partial charge in [-0.05, 0) is 24.3 Å². The molecule has 0 atom stereocenters. The summed E-state index contributed by atoms with van der Waals surface area (Å²) in [6.45, 7) is 1.04. The Morgan fingerprint density at radius 3 is 2.30 bits per heavy atom. The first-order valence-corrected chi connectivity index (χ1v) is 8.92. The van der Waals surface area contributed by atoms with Crippen molar-refractivity contribution in [2.24, 2.45) is 0 Å². The molecular weight excluding hydrogens is 420 g/mol. The fourth-order valence-corrected chi connectivity index (χ4v) is 3.14. The van der Waals surface area contributed by atoms with E-state index in [1.807, 2.05) is 0 Å². The summed E-state index contributed by atoms with van der Waals surface area (Å²) in [6.07, 6.45) is 0. The Hall–Kier alpha value is -2.61. The number of fused-ring (bicyclic) bond motifs is 1. The van der Waals surface area contributed by atoms with E-state index in [0.717, 1.165) is 10.0 Å². The lowest BCUT2D eigenvalue weighted by Crippen LogP contribution is -2.16. The zero-order chi connectivity index (χ0) is 19.4. The standard InChI is InChI=1S/C19H19BrO7/c1-22-14-5-4-12(17(23-2)18(14)24-3)19(21)27-10-11-8-15-16(9-13(11)20)26-7-6-25-15/h4-5,8-9H,6-7,10H2,1-3H3. The molecule has 1 heterocycles. The summed E-state index contributed by atoms with van der Waals surface area (Å²) >= 11 is 3.46. The third-order valence-corrected chi connectivity index (χ3v) is 4.73. The minimum atomic E-state index is -0.547. The van der Waals surface area contributed by atoms with Gasteiger partial charge in [0.1, 0.15) is 25.4 Å². The molecular formula is C19H19BrO7.